The van der Waals surface area contributed by atoms with E-state index in [-0.39, 0.29) is 34.3 Å². The van der Waals surface area contributed by atoms with Crippen molar-refractivity contribution in [3.63, 3.8) is 0 Å². The number of ether oxygens (including phenoxy) is 1. The van der Waals surface area contributed by atoms with E-state index in [0.29, 0.717) is 35.8 Å². The Morgan fingerprint density at radius 3 is 2.24 bits per heavy atom. The van der Waals surface area contributed by atoms with Crippen molar-refractivity contribution in [3.8, 4) is 17.7 Å². The Hall–Kier alpha value is -5.19. The van der Waals surface area contributed by atoms with Crippen LogP contribution in [0.5, 0.6) is 11.6 Å². The Balaban J connectivity index is 0.00000486. The van der Waals surface area contributed by atoms with E-state index in [1.165, 1.54) is 18.1 Å². The van der Waals surface area contributed by atoms with Gasteiger partial charge in [-0.3, -0.25) is 14.5 Å². The molecule has 5 aromatic rings. The number of halogens is 4. The highest BCUT2D eigenvalue weighted by molar-refractivity contribution is 8.93. The zero-order valence-electron chi connectivity index (χ0n) is 27.6. The van der Waals surface area contributed by atoms with Crippen molar-refractivity contribution in [1.82, 2.24) is 19.4 Å². The average molecular weight is 748 g/mol. The second kappa shape index (κ2) is 14.7. The Morgan fingerprint density at radius 2 is 1.64 bits per heavy atom. The molecular weight excluding hydrogens is 713 g/mol. The quantitative estimate of drug-likeness (QED) is 0.173. The number of amides is 2. The summed E-state index contributed by atoms with van der Waals surface area (Å²) in [5.41, 5.74) is 3.79. The molecule has 0 radical (unpaired) electrons. The van der Waals surface area contributed by atoms with Crippen LogP contribution in [0.3, 0.4) is 0 Å². The molecule has 2 amide bonds. The van der Waals surface area contributed by atoms with E-state index in [1.807, 2.05) is 65.9 Å². The van der Waals surface area contributed by atoms with Crippen molar-refractivity contribution in [2.45, 2.75) is 19.6 Å². The Bertz CT molecular complexity index is 2050. The number of nitrogens with zero attached hydrogens (tertiary/aromatic N) is 6. The molecule has 1 fully saturated rings. The van der Waals surface area contributed by atoms with Gasteiger partial charge >= 0.3 is 6.18 Å². The molecule has 50 heavy (non-hydrogen) atoms. The highest BCUT2D eigenvalue weighted by atomic mass is 79.9. The number of alkyl halides is 3. The number of piperazine rings is 1. The van der Waals surface area contributed by atoms with Crippen molar-refractivity contribution < 1.29 is 27.5 Å². The first-order valence-electron chi connectivity index (χ1n) is 15.6. The predicted octanol–water partition coefficient (Wildman–Crippen LogP) is 7.38. The number of nitriles is 1. The Kier molecular flexibility index (Phi) is 10.6. The van der Waals surface area contributed by atoms with E-state index in [9.17, 15) is 22.8 Å². The summed E-state index contributed by atoms with van der Waals surface area (Å²) >= 11 is 0. The zero-order chi connectivity index (χ0) is 34.9. The van der Waals surface area contributed by atoms with E-state index in [1.54, 1.807) is 12.1 Å². The molecule has 3 heterocycles. The summed E-state index contributed by atoms with van der Waals surface area (Å²) in [6.07, 6.45) is -3.03. The second-order valence-electron chi connectivity index (χ2n) is 12.0. The highest BCUT2D eigenvalue weighted by Gasteiger charge is 2.30. The topological polar surface area (TPSA) is 94.7 Å². The number of carbonyl (C=O) groups excluding carboxylic acids is 2. The van der Waals surface area contributed by atoms with E-state index in [4.69, 9.17) is 10.00 Å². The highest BCUT2D eigenvalue weighted by Crippen LogP contribution is 2.33. The fourth-order valence-corrected chi connectivity index (χ4v) is 5.92. The molecule has 1 aliphatic heterocycles. The number of aryl methyl sites for hydroxylation is 2. The maximum absolute atomic E-state index is 13.6. The molecule has 2 aromatic heterocycles. The minimum atomic E-state index is -4.48. The molecule has 0 saturated carbocycles. The molecule has 258 valence electrons. The largest absolute Gasteiger partial charge is 0.439 e. The number of fused-ring (bicyclic) bond motifs is 1. The van der Waals surface area contributed by atoms with Crippen LogP contribution in [0.2, 0.25) is 0 Å². The number of hydrogen-bond donors (Lipinski definition) is 0. The lowest BCUT2D eigenvalue weighted by Gasteiger charge is -2.34. The van der Waals surface area contributed by atoms with Gasteiger partial charge in [-0.25, -0.2) is 4.98 Å². The minimum absolute atomic E-state index is 0. The maximum Gasteiger partial charge on any atom is 0.416 e. The first-order valence-corrected chi connectivity index (χ1v) is 15.6. The van der Waals surface area contributed by atoms with Gasteiger partial charge in [0.15, 0.2) is 0 Å². The molecule has 9 nitrogen and oxygen atoms in total. The summed E-state index contributed by atoms with van der Waals surface area (Å²) < 4.78 is 46.7. The fraction of sp³-hybridized carbons (Fsp3) is 0.243. The lowest BCUT2D eigenvalue weighted by molar-refractivity contribution is -0.137. The third-order valence-corrected chi connectivity index (χ3v) is 8.90. The van der Waals surface area contributed by atoms with Crippen LogP contribution < -0.4 is 9.64 Å². The van der Waals surface area contributed by atoms with Crippen LogP contribution in [-0.4, -0.2) is 64.4 Å². The van der Waals surface area contributed by atoms with Crippen molar-refractivity contribution in [1.29, 1.82) is 5.26 Å². The van der Waals surface area contributed by atoms with Crippen molar-refractivity contribution >= 4 is 45.4 Å². The molecule has 3 aromatic carbocycles. The van der Waals surface area contributed by atoms with Gasteiger partial charge in [0, 0.05) is 74.9 Å². The summed E-state index contributed by atoms with van der Waals surface area (Å²) in [6, 6.07) is 22.6. The molecule has 0 aliphatic carbocycles. The van der Waals surface area contributed by atoms with Crippen LogP contribution in [0.25, 0.3) is 10.9 Å². The number of rotatable bonds is 7. The third-order valence-electron chi connectivity index (χ3n) is 8.90. The van der Waals surface area contributed by atoms with Gasteiger partial charge in [0.25, 0.3) is 11.8 Å². The second-order valence-corrected chi connectivity index (χ2v) is 12.0. The van der Waals surface area contributed by atoms with Crippen LogP contribution in [0.15, 0.2) is 85.1 Å². The standard InChI is InChI=1S/C37H33F3N6O3.BrH/c1-24-30-20-32(36(48)46-18-16-45(17-19-46)23-26-6-4-25(21-41)5-7-26)44(3)31(30)13-14-33(24)49-34-15-12-29(22-42-34)43(2)35(47)27-8-10-28(11-9-27)37(38,39)40;/h4-15,20,22H,16-19,23H2,1-3H3;1H. The number of carbonyl (C=O) groups is 2. The predicted molar refractivity (Wildman–Crippen MR) is 189 cm³/mol. The normalized spacial score (nSPS) is 13.4. The minimum Gasteiger partial charge on any atom is -0.439 e. The summed E-state index contributed by atoms with van der Waals surface area (Å²) in [6.45, 7) is 5.39. The van der Waals surface area contributed by atoms with Gasteiger partial charge < -0.3 is 19.1 Å². The number of benzene rings is 3. The molecule has 6 rings (SSSR count). The molecule has 0 N–H and O–H groups in total. The lowest BCUT2D eigenvalue weighted by atomic mass is 10.1. The van der Waals surface area contributed by atoms with Gasteiger partial charge in [0.2, 0.25) is 5.88 Å². The molecule has 0 atom stereocenters. The summed E-state index contributed by atoms with van der Waals surface area (Å²) in [4.78, 5) is 36.3. The van der Waals surface area contributed by atoms with Gasteiger partial charge in [-0.2, -0.15) is 18.4 Å². The molecule has 0 spiro atoms. The van der Waals surface area contributed by atoms with Gasteiger partial charge in [-0.05, 0) is 73.2 Å². The zero-order valence-corrected chi connectivity index (χ0v) is 29.3. The molecule has 1 saturated heterocycles. The summed E-state index contributed by atoms with van der Waals surface area (Å²) in [5.74, 6) is 0.325. The van der Waals surface area contributed by atoms with Crippen molar-refractivity contribution in [2.75, 3.05) is 38.1 Å². The van der Waals surface area contributed by atoms with Crippen molar-refractivity contribution in [2.24, 2.45) is 7.05 Å². The molecule has 0 bridgehead atoms. The van der Waals surface area contributed by atoms with E-state index in [2.05, 4.69) is 16.0 Å². The van der Waals surface area contributed by atoms with Crippen LogP contribution in [-0.2, 0) is 19.8 Å². The van der Waals surface area contributed by atoms with E-state index >= 15 is 0 Å². The first-order chi connectivity index (χ1) is 23.4. The van der Waals surface area contributed by atoms with Crippen LogP contribution >= 0.6 is 17.0 Å². The Morgan fingerprint density at radius 1 is 0.960 bits per heavy atom. The first kappa shape index (κ1) is 36.1. The van der Waals surface area contributed by atoms with Crippen LogP contribution in [0.4, 0.5) is 18.9 Å². The van der Waals surface area contributed by atoms with Gasteiger partial charge in [-0.15, -0.1) is 17.0 Å². The molecule has 13 heteroatoms. The van der Waals surface area contributed by atoms with Crippen LogP contribution in [0.1, 0.15) is 43.1 Å². The van der Waals surface area contributed by atoms with E-state index < -0.39 is 17.6 Å². The number of aromatic nitrogens is 2. The van der Waals surface area contributed by atoms with Crippen LogP contribution in [0, 0.1) is 18.3 Å². The number of pyridine rings is 1. The number of anilines is 1. The third kappa shape index (κ3) is 7.51. The molecule has 1 aliphatic rings. The van der Waals surface area contributed by atoms with Gasteiger partial charge in [-0.1, -0.05) is 12.1 Å². The smallest absolute Gasteiger partial charge is 0.416 e. The molecular formula is C37H34BrF3N6O3. The fourth-order valence-electron chi connectivity index (χ4n) is 5.92. The summed E-state index contributed by atoms with van der Waals surface area (Å²) in [5, 5.41) is 9.90. The Labute approximate surface area is 297 Å². The number of hydrogen-bond acceptors (Lipinski definition) is 6. The molecule has 0 unspecified atom stereocenters. The average Bonchev–Trinajstić information content (AvgIpc) is 3.45. The van der Waals surface area contributed by atoms with Crippen molar-refractivity contribution in [3.05, 3.63) is 119 Å². The SMILES string of the molecule is Br.Cc1c(Oc2ccc(N(C)C(=O)c3ccc(C(F)(F)F)cc3)cn2)ccc2c1cc(C(=O)N1CCN(Cc3ccc(C#N)cc3)CC1)n2C. The van der Waals surface area contributed by atoms with Gasteiger partial charge in [0.05, 0.1) is 29.1 Å². The lowest BCUT2D eigenvalue weighted by Crippen LogP contribution is -2.48. The monoisotopic (exact) mass is 746 g/mol. The summed E-state index contributed by atoms with van der Waals surface area (Å²) in [7, 11) is 3.39. The maximum atomic E-state index is 13.6. The van der Waals surface area contributed by atoms with E-state index in [0.717, 1.165) is 65.9 Å². The van der Waals surface area contributed by atoms with Gasteiger partial charge in [0.1, 0.15) is 11.4 Å².